The van der Waals surface area contributed by atoms with Gasteiger partial charge in [0.2, 0.25) is 0 Å². The van der Waals surface area contributed by atoms with Crippen LogP contribution in [-0.4, -0.2) is 24.5 Å². The molecule has 3 nitrogen and oxygen atoms in total. The van der Waals surface area contributed by atoms with Crippen molar-refractivity contribution in [3.8, 4) is 0 Å². The lowest BCUT2D eigenvalue weighted by Crippen LogP contribution is -2.27. The fourth-order valence-corrected chi connectivity index (χ4v) is 2.86. The van der Waals surface area contributed by atoms with E-state index >= 15 is 0 Å². The zero-order valence-corrected chi connectivity index (χ0v) is 13.6. The standard InChI is InChI=1S/C18H30N2O/c1-14(2)8-19-9-17-7-18(21-13-17)12-20(10-15-3-4-15)11-16-5-6-16/h7,13-16,19H,3-6,8-12H2,1-2H3. The van der Waals surface area contributed by atoms with Crippen LogP contribution in [-0.2, 0) is 13.1 Å². The summed E-state index contributed by atoms with van der Waals surface area (Å²) in [7, 11) is 0. The first kappa shape index (κ1) is 15.1. The Balaban J connectivity index is 1.46. The third-order valence-corrected chi connectivity index (χ3v) is 4.40. The molecule has 1 heterocycles. The second-order valence-corrected chi connectivity index (χ2v) is 7.53. The quantitative estimate of drug-likeness (QED) is 0.713. The Kier molecular flexibility index (Phi) is 5.02. The van der Waals surface area contributed by atoms with Crippen molar-refractivity contribution in [3.05, 3.63) is 23.7 Å². The summed E-state index contributed by atoms with van der Waals surface area (Å²) in [6, 6.07) is 2.24. The Morgan fingerprint density at radius 2 is 1.86 bits per heavy atom. The van der Waals surface area contributed by atoms with E-state index in [-0.39, 0.29) is 0 Å². The third kappa shape index (κ3) is 5.48. The Bertz CT molecular complexity index is 418. The van der Waals surface area contributed by atoms with Gasteiger partial charge in [0.05, 0.1) is 12.8 Å². The van der Waals surface area contributed by atoms with E-state index in [1.54, 1.807) is 0 Å². The van der Waals surface area contributed by atoms with Gasteiger partial charge in [-0.2, -0.15) is 0 Å². The molecule has 118 valence electrons. The van der Waals surface area contributed by atoms with Crippen molar-refractivity contribution in [2.45, 2.75) is 52.6 Å². The molecule has 3 rings (SSSR count). The number of hydrogen-bond acceptors (Lipinski definition) is 3. The van der Waals surface area contributed by atoms with E-state index in [9.17, 15) is 0 Å². The molecule has 0 atom stereocenters. The summed E-state index contributed by atoms with van der Waals surface area (Å²) >= 11 is 0. The van der Waals surface area contributed by atoms with E-state index in [0.29, 0.717) is 5.92 Å². The highest BCUT2D eigenvalue weighted by atomic mass is 16.3. The lowest BCUT2D eigenvalue weighted by atomic mass is 10.2. The molecule has 0 aliphatic heterocycles. The van der Waals surface area contributed by atoms with Crippen LogP contribution in [0, 0.1) is 17.8 Å². The minimum atomic E-state index is 0.698. The van der Waals surface area contributed by atoms with Crippen LogP contribution in [0.2, 0.25) is 0 Å². The summed E-state index contributed by atoms with van der Waals surface area (Å²) in [5.41, 5.74) is 1.28. The van der Waals surface area contributed by atoms with E-state index in [4.69, 9.17) is 4.42 Å². The first-order valence-electron chi connectivity index (χ1n) is 8.68. The summed E-state index contributed by atoms with van der Waals surface area (Å²) in [6.45, 7) is 10.0. The molecule has 0 aromatic carbocycles. The number of nitrogens with zero attached hydrogens (tertiary/aromatic N) is 1. The van der Waals surface area contributed by atoms with Crippen LogP contribution in [0.25, 0.3) is 0 Å². The predicted octanol–water partition coefficient (Wildman–Crippen LogP) is 3.65. The first-order chi connectivity index (χ1) is 10.2. The number of furan rings is 1. The predicted molar refractivity (Wildman–Crippen MR) is 86.0 cm³/mol. The van der Waals surface area contributed by atoms with Crippen molar-refractivity contribution in [1.29, 1.82) is 0 Å². The molecule has 0 radical (unpaired) electrons. The highest BCUT2D eigenvalue weighted by Crippen LogP contribution is 2.34. The molecule has 2 aliphatic rings. The second kappa shape index (κ2) is 6.97. The Morgan fingerprint density at radius 1 is 1.19 bits per heavy atom. The van der Waals surface area contributed by atoms with E-state index in [0.717, 1.165) is 37.2 Å². The van der Waals surface area contributed by atoms with Crippen molar-refractivity contribution >= 4 is 0 Å². The molecule has 1 N–H and O–H groups in total. The van der Waals surface area contributed by atoms with E-state index in [1.807, 2.05) is 6.26 Å². The van der Waals surface area contributed by atoms with Crippen LogP contribution in [0.3, 0.4) is 0 Å². The maximum atomic E-state index is 5.77. The number of rotatable bonds is 10. The molecule has 1 aromatic heterocycles. The van der Waals surface area contributed by atoms with Crippen LogP contribution >= 0.6 is 0 Å². The van der Waals surface area contributed by atoms with Crippen molar-refractivity contribution < 1.29 is 4.42 Å². The first-order valence-corrected chi connectivity index (χ1v) is 8.68. The Hall–Kier alpha value is -0.800. The molecule has 0 unspecified atom stereocenters. The summed E-state index contributed by atoms with van der Waals surface area (Å²) in [5, 5.41) is 3.48. The molecule has 2 fully saturated rings. The molecular weight excluding hydrogens is 260 g/mol. The zero-order chi connectivity index (χ0) is 14.7. The molecule has 0 saturated heterocycles. The number of hydrogen-bond donors (Lipinski definition) is 1. The lowest BCUT2D eigenvalue weighted by molar-refractivity contribution is 0.225. The maximum Gasteiger partial charge on any atom is 0.118 e. The fourth-order valence-electron chi connectivity index (χ4n) is 2.86. The molecule has 0 bridgehead atoms. The highest BCUT2D eigenvalue weighted by Gasteiger charge is 2.29. The van der Waals surface area contributed by atoms with Gasteiger partial charge in [-0.15, -0.1) is 0 Å². The van der Waals surface area contributed by atoms with Gasteiger partial charge in [0, 0.05) is 25.2 Å². The average molecular weight is 290 g/mol. The number of nitrogens with one attached hydrogen (secondary N) is 1. The molecule has 3 heteroatoms. The maximum absolute atomic E-state index is 5.77. The molecule has 21 heavy (non-hydrogen) atoms. The van der Waals surface area contributed by atoms with Gasteiger partial charge >= 0.3 is 0 Å². The zero-order valence-electron chi connectivity index (χ0n) is 13.6. The van der Waals surface area contributed by atoms with Crippen molar-refractivity contribution in [2.75, 3.05) is 19.6 Å². The molecule has 1 aromatic rings. The third-order valence-electron chi connectivity index (χ3n) is 4.40. The van der Waals surface area contributed by atoms with Gasteiger partial charge in [-0.05, 0) is 56.0 Å². The molecule has 0 spiro atoms. The summed E-state index contributed by atoms with van der Waals surface area (Å²) in [6.07, 6.45) is 7.66. The topological polar surface area (TPSA) is 28.4 Å². The largest absolute Gasteiger partial charge is 0.468 e. The monoisotopic (exact) mass is 290 g/mol. The summed E-state index contributed by atoms with van der Waals surface area (Å²) in [5.74, 6) is 3.76. The minimum absolute atomic E-state index is 0.698. The molecular formula is C18H30N2O. The van der Waals surface area contributed by atoms with Crippen molar-refractivity contribution in [2.24, 2.45) is 17.8 Å². The van der Waals surface area contributed by atoms with Gasteiger partial charge in [0.1, 0.15) is 5.76 Å². The van der Waals surface area contributed by atoms with Crippen LogP contribution < -0.4 is 5.32 Å². The van der Waals surface area contributed by atoms with Crippen molar-refractivity contribution in [3.63, 3.8) is 0 Å². The Morgan fingerprint density at radius 3 is 2.43 bits per heavy atom. The normalized spacial score (nSPS) is 18.9. The highest BCUT2D eigenvalue weighted by molar-refractivity contribution is 5.12. The molecule has 0 amide bonds. The van der Waals surface area contributed by atoms with Crippen molar-refractivity contribution in [1.82, 2.24) is 10.2 Å². The summed E-state index contributed by atoms with van der Waals surface area (Å²) in [4.78, 5) is 2.62. The van der Waals surface area contributed by atoms with E-state index in [1.165, 1.54) is 44.3 Å². The van der Waals surface area contributed by atoms with E-state index in [2.05, 4.69) is 30.1 Å². The molecule has 2 aliphatic carbocycles. The van der Waals surface area contributed by atoms with E-state index < -0.39 is 0 Å². The lowest BCUT2D eigenvalue weighted by Gasteiger charge is -2.20. The van der Waals surface area contributed by atoms with Crippen LogP contribution in [0.4, 0.5) is 0 Å². The van der Waals surface area contributed by atoms with Crippen LogP contribution in [0.1, 0.15) is 50.9 Å². The van der Waals surface area contributed by atoms with Gasteiger partial charge in [0.15, 0.2) is 0 Å². The van der Waals surface area contributed by atoms with Gasteiger partial charge in [-0.25, -0.2) is 0 Å². The van der Waals surface area contributed by atoms with Gasteiger partial charge < -0.3 is 9.73 Å². The smallest absolute Gasteiger partial charge is 0.118 e. The SMILES string of the molecule is CC(C)CNCc1coc(CN(CC2CC2)CC2CC2)c1. The second-order valence-electron chi connectivity index (χ2n) is 7.53. The average Bonchev–Trinajstić information content (AvgIpc) is 3.33. The summed E-state index contributed by atoms with van der Waals surface area (Å²) < 4.78 is 5.77. The minimum Gasteiger partial charge on any atom is -0.468 e. The van der Waals surface area contributed by atoms with Crippen LogP contribution in [0.15, 0.2) is 16.7 Å². The van der Waals surface area contributed by atoms with Gasteiger partial charge in [-0.1, -0.05) is 13.8 Å². The Labute approximate surface area is 129 Å². The van der Waals surface area contributed by atoms with Crippen LogP contribution in [0.5, 0.6) is 0 Å². The molecule has 2 saturated carbocycles. The van der Waals surface area contributed by atoms with Gasteiger partial charge in [0.25, 0.3) is 0 Å². The fraction of sp³-hybridized carbons (Fsp3) is 0.778. The van der Waals surface area contributed by atoms with Gasteiger partial charge in [-0.3, -0.25) is 4.90 Å².